The van der Waals surface area contributed by atoms with Crippen LogP contribution in [0.2, 0.25) is 10.0 Å². The number of hydrogen-bond acceptors (Lipinski definition) is 5. The van der Waals surface area contributed by atoms with Crippen molar-refractivity contribution in [3.05, 3.63) is 93.6 Å². The van der Waals surface area contributed by atoms with Crippen LogP contribution in [0.15, 0.2) is 66.7 Å². The number of carbonyl (C=O) groups excluding carboxylic acids is 1. The van der Waals surface area contributed by atoms with E-state index in [0.29, 0.717) is 54.1 Å². The highest BCUT2D eigenvalue weighted by Crippen LogP contribution is 2.40. The first kappa shape index (κ1) is 26.4. The van der Waals surface area contributed by atoms with Crippen LogP contribution in [-0.2, 0) is 6.42 Å². The Hall–Kier alpha value is -3.23. The molecule has 1 aliphatic heterocycles. The molecule has 38 heavy (non-hydrogen) atoms. The summed E-state index contributed by atoms with van der Waals surface area (Å²) in [5.74, 6) is 1.12. The molecule has 0 spiro atoms. The van der Waals surface area contributed by atoms with Gasteiger partial charge in [0.2, 0.25) is 0 Å². The fraction of sp³-hybridized carbons (Fsp3) is 0.276. The number of benzene rings is 3. The van der Waals surface area contributed by atoms with Gasteiger partial charge in [0, 0.05) is 46.2 Å². The predicted octanol–water partition coefficient (Wildman–Crippen LogP) is 5.97. The second-order valence-corrected chi connectivity index (χ2v) is 10.2. The number of nitrogens with zero attached hydrogens (tertiary/aromatic N) is 1. The van der Waals surface area contributed by atoms with E-state index in [1.54, 1.807) is 36.2 Å². The van der Waals surface area contributed by atoms with E-state index >= 15 is 0 Å². The van der Waals surface area contributed by atoms with E-state index in [9.17, 15) is 9.90 Å². The van der Waals surface area contributed by atoms with E-state index in [1.165, 1.54) is 0 Å². The van der Waals surface area contributed by atoms with Gasteiger partial charge in [-0.05, 0) is 79.2 Å². The fourth-order valence-electron chi connectivity index (χ4n) is 4.86. The summed E-state index contributed by atoms with van der Waals surface area (Å²) in [5.41, 5.74) is 3.96. The summed E-state index contributed by atoms with van der Waals surface area (Å²) in [4.78, 5) is 18.7. The number of hydrogen-bond donors (Lipinski definition) is 3. The van der Waals surface area contributed by atoms with Crippen LogP contribution in [-0.4, -0.2) is 53.9 Å². The lowest BCUT2D eigenvalue weighted by Crippen LogP contribution is -2.42. The minimum atomic E-state index is -0.462. The van der Waals surface area contributed by atoms with Crippen LogP contribution in [0.5, 0.6) is 11.5 Å². The van der Waals surface area contributed by atoms with E-state index in [-0.39, 0.29) is 0 Å². The van der Waals surface area contributed by atoms with Gasteiger partial charge in [-0.2, -0.15) is 0 Å². The molecule has 0 radical (unpaired) electrons. The Balaban J connectivity index is 1.43. The topological polar surface area (TPSA) is 86.8 Å². The lowest BCUT2D eigenvalue weighted by Gasteiger charge is -2.35. The maximum absolute atomic E-state index is 13.4. The first-order chi connectivity index (χ1) is 18.4. The number of H-pyrrole nitrogens is 1. The number of likely N-dealkylation sites (N-methyl/N-ethyl adjacent to an activating group) is 1. The SMILES string of the molecule is CNCC(O)CCOc1ccc([C@H]2c3[nH]c4ccc(Cl)cc4c3CCN2C(=O)Oc2ccc(Cl)cc2)cc1. The van der Waals surface area contributed by atoms with Gasteiger partial charge in [-0.15, -0.1) is 0 Å². The van der Waals surface area contributed by atoms with Crippen LogP contribution >= 0.6 is 23.2 Å². The molecule has 0 aliphatic carbocycles. The van der Waals surface area contributed by atoms with E-state index in [4.69, 9.17) is 32.7 Å². The van der Waals surface area contributed by atoms with E-state index in [2.05, 4.69) is 10.3 Å². The van der Waals surface area contributed by atoms with Gasteiger partial charge in [0.15, 0.2) is 0 Å². The van der Waals surface area contributed by atoms with Gasteiger partial charge in [0.25, 0.3) is 0 Å². The monoisotopic (exact) mass is 553 g/mol. The van der Waals surface area contributed by atoms with Crippen molar-refractivity contribution in [2.45, 2.75) is 25.0 Å². The van der Waals surface area contributed by atoms with Crippen molar-refractivity contribution in [3.8, 4) is 11.5 Å². The largest absolute Gasteiger partial charge is 0.493 e. The van der Waals surface area contributed by atoms with Crippen LogP contribution in [0.3, 0.4) is 0 Å². The smallest absolute Gasteiger partial charge is 0.416 e. The zero-order chi connectivity index (χ0) is 26.6. The van der Waals surface area contributed by atoms with Crippen molar-refractivity contribution in [3.63, 3.8) is 0 Å². The average Bonchev–Trinajstić information content (AvgIpc) is 3.28. The standard InChI is InChI=1S/C29H29Cl2N3O4/c1-32-17-21(35)13-15-37-22-7-2-18(3-8-22)28-27-24(25-16-20(31)6-11-26(25)33-27)12-14-34(28)29(36)38-23-9-4-19(30)5-10-23/h2-11,16,21,28,32-33,35H,12-15,17H2,1H3/t21?,28-/m0/s1. The molecular weight excluding hydrogens is 525 g/mol. The Labute approximate surface area is 231 Å². The number of aromatic amines is 1. The van der Waals surface area contributed by atoms with Crippen molar-refractivity contribution >= 4 is 40.2 Å². The maximum atomic E-state index is 13.4. The number of carbonyl (C=O) groups is 1. The average molecular weight is 554 g/mol. The Morgan fingerprint density at radius 3 is 2.53 bits per heavy atom. The molecule has 3 aromatic carbocycles. The molecule has 2 atom stereocenters. The summed E-state index contributed by atoms with van der Waals surface area (Å²) in [6, 6.07) is 19.8. The van der Waals surface area contributed by atoms with E-state index in [1.807, 2.05) is 42.5 Å². The minimum absolute atomic E-state index is 0.392. The first-order valence-corrected chi connectivity index (χ1v) is 13.3. The molecule has 1 amide bonds. The molecule has 3 N–H and O–H groups in total. The molecule has 0 bridgehead atoms. The summed E-state index contributed by atoms with van der Waals surface area (Å²) in [5, 5.41) is 15.1. The normalized spacial score (nSPS) is 15.8. The lowest BCUT2D eigenvalue weighted by atomic mass is 9.92. The highest BCUT2D eigenvalue weighted by Gasteiger charge is 2.35. The third kappa shape index (κ3) is 5.76. The van der Waals surface area contributed by atoms with Crippen LogP contribution in [0.25, 0.3) is 10.9 Å². The summed E-state index contributed by atoms with van der Waals surface area (Å²) in [6.45, 7) is 1.40. The molecule has 1 aromatic heterocycles. The number of halogens is 2. The third-order valence-electron chi connectivity index (χ3n) is 6.70. The zero-order valence-electron chi connectivity index (χ0n) is 20.9. The number of aromatic nitrogens is 1. The van der Waals surface area contributed by atoms with Crippen molar-refractivity contribution in [1.82, 2.24) is 15.2 Å². The summed E-state index contributed by atoms with van der Waals surface area (Å²) in [6.07, 6.45) is 0.281. The van der Waals surface area contributed by atoms with E-state index in [0.717, 1.165) is 27.7 Å². The van der Waals surface area contributed by atoms with Gasteiger partial charge in [-0.3, -0.25) is 4.90 Å². The molecule has 9 heteroatoms. The molecule has 1 aliphatic rings. The number of nitrogens with one attached hydrogen (secondary N) is 2. The zero-order valence-corrected chi connectivity index (χ0v) is 22.4. The molecule has 2 heterocycles. The summed E-state index contributed by atoms with van der Waals surface area (Å²) >= 11 is 12.3. The van der Waals surface area contributed by atoms with Crippen molar-refractivity contribution in [2.75, 3.05) is 26.7 Å². The Morgan fingerprint density at radius 1 is 1.08 bits per heavy atom. The number of rotatable bonds is 8. The molecule has 1 unspecified atom stereocenters. The number of aliphatic hydroxyl groups excluding tert-OH is 1. The van der Waals surface area contributed by atoms with Gasteiger partial charge >= 0.3 is 6.09 Å². The van der Waals surface area contributed by atoms with Gasteiger partial charge in [-0.1, -0.05) is 35.3 Å². The second kappa shape index (κ2) is 11.7. The van der Waals surface area contributed by atoms with Gasteiger partial charge in [0.05, 0.1) is 12.7 Å². The van der Waals surface area contributed by atoms with E-state index < -0.39 is 18.2 Å². The van der Waals surface area contributed by atoms with Crippen LogP contribution in [0.4, 0.5) is 4.79 Å². The molecule has 7 nitrogen and oxygen atoms in total. The number of aliphatic hydroxyl groups is 1. The van der Waals surface area contributed by atoms with Crippen LogP contribution in [0, 0.1) is 0 Å². The first-order valence-electron chi connectivity index (χ1n) is 12.5. The molecule has 0 saturated carbocycles. The Morgan fingerprint density at radius 2 is 1.79 bits per heavy atom. The second-order valence-electron chi connectivity index (χ2n) is 9.29. The molecule has 5 rings (SSSR count). The molecule has 0 saturated heterocycles. The highest BCUT2D eigenvalue weighted by atomic mass is 35.5. The van der Waals surface area contributed by atoms with Crippen molar-refractivity contribution < 1.29 is 19.4 Å². The fourth-order valence-corrected chi connectivity index (χ4v) is 5.16. The third-order valence-corrected chi connectivity index (χ3v) is 7.18. The van der Waals surface area contributed by atoms with Gasteiger partial charge in [0.1, 0.15) is 17.5 Å². The van der Waals surface area contributed by atoms with Crippen LogP contribution in [0.1, 0.15) is 29.3 Å². The summed E-state index contributed by atoms with van der Waals surface area (Å²) in [7, 11) is 1.80. The lowest BCUT2D eigenvalue weighted by molar-refractivity contribution is 0.135. The van der Waals surface area contributed by atoms with Crippen molar-refractivity contribution in [2.24, 2.45) is 0 Å². The molecule has 4 aromatic rings. The Bertz CT molecular complexity index is 1410. The quantitative estimate of drug-likeness (QED) is 0.250. The predicted molar refractivity (Wildman–Crippen MR) is 150 cm³/mol. The molecular formula is C29H29Cl2N3O4. The van der Waals surface area contributed by atoms with Gasteiger partial charge in [-0.25, -0.2) is 4.79 Å². The number of ether oxygens (including phenoxy) is 2. The highest BCUT2D eigenvalue weighted by molar-refractivity contribution is 6.31. The minimum Gasteiger partial charge on any atom is -0.493 e. The number of amides is 1. The number of fused-ring (bicyclic) bond motifs is 3. The molecule has 198 valence electrons. The molecule has 0 fully saturated rings. The van der Waals surface area contributed by atoms with Crippen LogP contribution < -0.4 is 14.8 Å². The Kier molecular flexibility index (Phi) is 8.09. The van der Waals surface area contributed by atoms with Crippen molar-refractivity contribution in [1.29, 1.82) is 0 Å². The summed E-state index contributed by atoms with van der Waals surface area (Å²) < 4.78 is 11.6. The van der Waals surface area contributed by atoms with Gasteiger partial charge < -0.3 is 24.9 Å². The maximum Gasteiger partial charge on any atom is 0.416 e.